The number of esters is 1. The normalized spacial score (nSPS) is 50.9. The summed E-state index contributed by atoms with van der Waals surface area (Å²) in [6, 6.07) is 0. The lowest BCUT2D eigenvalue weighted by atomic mass is 9.38. The molecule has 6 nitrogen and oxygen atoms in total. The number of ether oxygens (including phenoxy) is 2. The molecule has 0 radical (unpaired) electrons. The topological polar surface area (TPSA) is 96.2 Å². The van der Waals surface area contributed by atoms with Crippen LogP contribution in [0.15, 0.2) is 11.6 Å². The third-order valence-electron chi connectivity index (χ3n) is 13.2. The van der Waals surface area contributed by atoms with E-state index < -0.39 is 23.9 Å². The maximum absolute atomic E-state index is 14.1. The Morgan fingerprint density at radius 2 is 1.79 bits per heavy atom. The van der Waals surface area contributed by atoms with E-state index in [1.807, 2.05) is 0 Å². The maximum Gasteiger partial charge on any atom is 0.315 e. The van der Waals surface area contributed by atoms with Crippen LogP contribution in [0.2, 0.25) is 0 Å². The van der Waals surface area contributed by atoms with Crippen LogP contribution in [0.1, 0.15) is 105 Å². The summed E-state index contributed by atoms with van der Waals surface area (Å²) < 4.78 is 11.5. The number of fused-ring (bicyclic) bond motifs is 7. The molecule has 6 rings (SSSR count). The molecule has 0 aromatic rings. The molecule has 5 aliphatic carbocycles. The van der Waals surface area contributed by atoms with E-state index in [1.165, 1.54) is 37.7 Å². The van der Waals surface area contributed by atoms with Crippen LogP contribution in [0.4, 0.5) is 0 Å². The first kappa shape index (κ1) is 28.2. The highest BCUT2D eigenvalue weighted by molar-refractivity contribution is 5.78. The molecule has 1 saturated heterocycles. The average molecular weight is 545 g/mol. The monoisotopic (exact) mass is 544 g/mol. The zero-order valence-electron chi connectivity index (χ0n) is 24.7. The summed E-state index contributed by atoms with van der Waals surface area (Å²) in [7, 11) is 0. The average Bonchev–Trinajstić information content (AvgIpc) is 2.88. The molecular formula is C33H52O6. The van der Waals surface area contributed by atoms with E-state index >= 15 is 0 Å². The highest BCUT2D eigenvalue weighted by Gasteiger charge is 2.64. The third-order valence-corrected chi connectivity index (χ3v) is 13.2. The molecule has 6 aliphatic rings. The fourth-order valence-electron chi connectivity index (χ4n) is 11.1. The SMILES string of the molecule is CC1(C)CCC2(C(=O)OC3OCC(O)CC3O)CCC3C(=CCC4C3(C)CCC3[C@H](CO)CCCC34C)C2C1. The van der Waals surface area contributed by atoms with Gasteiger partial charge < -0.3 is 24.8 Å². The summed E-state index contributed by atoms with van der Waals surface area (Å²) in [5.41, 5.74) is 1.62. The molecular weight excluding hydrogens is 492 g/mol. The number of hydrogen-bond donors (Lipinski definition) is 3. The van der Waals surface area contributed by atoms with Crippen molar-refractivity contribution in [3.05, 3.63) is 11.6 Å². The van der Waals surface area contributed by atoms with Gasteiger partial charge in [0.05, 0.1) is 18.1 Å². The Kier molecular flexibility index (Phi) is 7.09. The molecule has 3 N–H and O–H groups in total. The predicted molar refractivity (Wildman–Crippen MR) is 148 cm³/mol. The lowest BCUT2D eigenvalue weighted by molar-refractivity contribution is -0.244. The Bertz CT molecular complexity index is 991. The van der Waals surface area contributed by atoms with Gasteiger partial charge in [0.15, 0.2) is 0 Å². The molecule has 220 valence electrons. The lowest BCUT2D eigenvalue weighted by Gasteiger charge is -2.66. The minimum atomic E-state index is -0.994. The van der Waals surface area contributed by atoms with E-state index in [2.05, 4.69) is 33.8 Å². The van der Waals surface area contributed by atoms with Crippen LogP contribution < -0.4 is 0 Å². The van der Waals surface area contributed by atoms with Gasteiger partial charge in [-0.3, -0.25) is 4.79 Å². The third kappa shape index (κ3) is 4.37. The van der Waals surface area contributed by atoms with Gasteiger partial charge in [0, 0.05) is 13.0 Å². The molecule has 4 saturated carbocycles. The van der Waals surface area contributed by atoms with Crippen molar-refractivity contribution in [2.75, 3.05) is 13.2 Å². The first-order valence-electron chi connectivity index (χ1n) is 15.9. The van der Waals surface area contributed by atoms with Crippen molar-refractivity contribution in [3.63, 3.8) is 0 Å². The molecule has 0 amide bonds. The van der Waals surface area contributed by atoms with E-state index in [0.29, 0.717) is 30.3 Å². The van der Waals surface area contributed by atoms with Crippen LogP contribution in [-0.4, -0.2) is 53.0 Å². The fraction of sp³-hybridized carbons (Fsp3) is 0.909. The molecule has 0 aromatic carbocycles. The van der Waals surface area contributed by atoms with E-state index in [4.69, 9.17) is 9.47 Å². The number of carbonyl (C=O) groups excluding carboxylic acids is 1. The first-order chi connectivity index (χ1) is 18.4. The van der Waals surface area contributed by atoms with Gasteiger partial charge in [-0.25, -0.2) is 0 Å². The molecule has 5 fully saturated rings. The highest BCUT2D eigenvalue weighted by atomic mass is 16.7. The molecule has 0 spiro atoms. The molecule has 1 aliphatic heterocycles. The smallest absolute Gasteiger partial charge is 0.315 e. The minimum absolute atomic E-state index is 0.0857. The zero-order chi connectivity index (χ0) is 27.8. The van der Waals surface area contributed by atoms with Crippen LogP contribution in [0.25, 0.3) is 0 Å². The summed E-state index contributed by atoms with van der Waals surface area (Å²) in [6.07, 6.45) is 11.9. The maximum atomic E-state index is 14.1. The first-order valence-corrected chi connectivity index (χ1v) is 15.9. The predicted octanol–water partition coefficient (Wildman–Crippen LogP) is 5.38. The number of carbonyl (C=O) groups is 1. The Morgan fingerprint density at radius 1 is 1.00 bits per heavy atom. The van der Waals surface area contributed by atoms with Crippen molar-refractivity contribution in [2.24, 2.45) is 51.2 Å². The zero-order valence-corrected chi connectivity index (χ0v) is 24.7. The number of hydrogen-bond acceptors (Lipinski definition) is 6. The van der Waals surface area contributed by atoms with Crippen LogP contribution in [-0.2, 0) is 14.3 Å². The molecule has 1 heterocycles. The second-order valence-electron chi connectivity index (χ2n) is 15.7. The van der Waals surface area contributed by atoms with Crippen molar-refractivity contribution in [2.45, 2.75) is 123 Å². The van der Waals surface area contributed by atoms with Crippen molar-refractivity contribution in [3.8, 4) is 0 Å². The Balaban J connectivity index is 1.31. The summed E-state index contributed by atoms with van der Waals surface area (Å²) in [4.78, 5) is 14.1. The summed E-state index contributed by atoms with van der Waals surface area (Å²) >= 11 is 0. The standard InChI is InChI=1S/C33H52O6/c1-30(2)14-15-33(29(37)39-28-26(36)16-21(35)19-38-28)13-10-24-22(25(33)17-30)7-8-27-31(3)11-5-6-20(18-34)23(31)9-12-32(24,27)4/h7,20-21,23-28,34-36H,5-6,8-19H2,1-4H3/t20-,21?,23?,24?,25?,26?,27?,28?,31?,32?,33?/m0/s1. The molecule has 0 aromatic heterocycles. The molecule has 11 atom stereocenters. The van der Waals surface area contributed by atoms with Gasteiger partial charge in [0.1, 0.15) is 6.10 Å². The highest BCUT2D eigenvalue weighted by Crippen LogP contribution is 2.70. The summed E-state index contributed by atoms with van der Waals surface area (Å²) in [5.74, 6) is 2.15. The van der Waals surface area contributed by atoms with Crippen LogP contribution in [0.5, 0.6) is 0 Å². The van der Waals surface area contributed by atoms with E-state index in [0.717, 1.165) is 38.5 Å². The lowest BCUT2D eigenvalue weighted by Crippen LogP contribution is -2.60. The molecule has 0 bridgehead atoms. The van der Waals surface area contributed by atoms with Crippen molar-refractivity contribution < 1.29 is 29.6 Å². The van der Waals surface area contributed by atoms with Crippen LogP contribution in [0, 0.1) is 51.2 Å². The fourth-order valence-corrected chi connectivity index (χ4v) is 11.1. The Labute approximate surface area is 234 Å². The summed E-state index contributed by atoms with van der Waals surface area (Å²) in [5, 5.41) is 30.5. The number of aliphatic hydroxyl groups excluding tert-OH is 3. The van der Waals surface area contributed by atoms with E-state index in [1.54, 1.807) is 0 Å². The van der Waals surface area contributed by atoms with Crippen LogP contribution in [0.3, 0.4) is 0 Å². The van der Waals surface area contributed by atoms with Gasteiger partial charge in [0.25, 0.3) is 0 Å². The second kappa shape index (κ2) is 9.81. The molecule has 39 heavy (non-hydrogen) atoms. The molecule has 10 unspecified atom stereocenters. The largest absolute Gasteiger partial charge is 0.432 e. The Morgan fingerprint density at radius 3 is 2.54 bits per heavy atom. The van der Waals surface area contributed by atoms with Gasteiger partial charge >= 0.3 is 5.97 Å². The minimum Gasteiger partial charge on any atom is -0.432 e. The number of aliphatic hydroxyl groups is 3. The van der Waals surface area contributed by atoms with Crippen molar-refractivity contribution >= 4 is 5.97 Å². The van der Waals surface area contributed by atoms with E-state index in [-0.39, 0.29) is 41.2 Å². The van der Waals surface area contributed by atoms with Crippen molar-refractivity contribution in [1.82, 2.24) is 0 Å². The number of rotatable bonds is 3. The van der Waals surface area contributed by atoms with Gasteiger partial charge in [-0.2, -0.15) is 0 Å². The van der Waals surface area contributed by atoms with Gasteiger partial charge in [-0.15, -0.1) is 0 Å². The van der Waals surface area contributed by atoms with Crippen LogP contribution >= 0.6 is 0 Å². The molecule has 6 heteroatoms. The van der Waals surface area contributed by atoms with Crippen molar-refractivity contribution in [1.29, 1.82) is 0 Å². The second-order valence-corrected chi connectivity index (χ2v) is 15.7. The van der Waals surface area contributed by atoms with Gasteiger partial charge in [-0.1, -0.05) is 45.8 Å². The van der Waals surface area contributed by atoms with Gasteiger partial charge in [0.2, 0.25) is 6.29 Å². The van der Waals surface area contributed by atoms with Gasteiger partial charge in [-0.05, 0) is 110 Å². The Hall–Kier alpha value is -0.950. The summed E-state index contributed by atoms with van der Waals surface area (Å²) in [6.45, 7) is 10.2. The van der Waals surface area contributed by atoms with E-state index in [9.17, 15) is 20.1 Å². The number of allylic oxidation sites excluding steroid dienone is 2. The quantitative estimate of drug-likeness (QED) is 0.326.